The Morgan fingerprint density at radius 1 is 1.36 bits per heavy atom. The highest BCUT2D eigenvalue weighted by Crippen LogP contribution is 2.21. The van der Waals surface area contributed by atoms with Crippen molar-refractivity contribution in [3.05, 3.63) is 29.3 Å². The zero-order valence-electron chi connectivity index (χ0n) is 15.1. The summed E-state index contributed by atoms with van der Waals surface area (Å²) in [6.07, 6.45) is 2.34. The first kappa shape index (κ1) is 21.4. The summed E-state index contributed by atoms with van der Waals surface area (Å²) < 4.78 is 27.1. The Bertz CT molecular complexity index is 676. The number of rotatable bonds is 11. The lowest BCUT2D eigenvalue weighted by Gasteiger charge is -2.25. The quantitative estimate of drug-likeness (QED) is 0.567. The molecule has 25 heavy (non-hydrogen) atoms. The van der Waals surface area contributed by atoms with Gasteiger partial charge in [-0.3, -0.25) is 8.98 Å². The summed E-state index contributed by atoms with van der Waals surface area (Å²) in [5.74, 6) is -0.910. The fourth-order valence-corrected chi connectivity index (χ4v) is 2.97. The minimum Gasteiger partial charge on any atom is -0.481 e. The van der Waals surface area contributed by atoms with Crippen LogP contribution in [0.4, 0.5) is 5.69 Å². The number of nitrogens with two attached hydrogens (primary N) is 1. The van der Waals surface area contributed by atoms with E-state index in [1.165, 1.54) is 0 Å². The van der Waals surface area contributed by atoms with Crippen LogP contribution in [0.5, 0.6) is 0 Å². The molecule has 142 valence electrons. The Kier molecular flexibility index (Phi) is 8.34. The molecule has 0 spiro atoms. The topological polar surface area (TPSA) is 110 Å². The average molecular weight is 372 g/mol. The van der Waals surface area contributed by atoms with E-state index in [9.17, 15) is 13.2 Å². The summed E-state index contributed by atoms with van der Waals surface area (Å²) in [6.45, 7) is 5.30. The first-order valence-corrected chi connectivity index (χ1v) is 10.1. The van der Waals surface area contributed by atoms with E-state index >= 15 is 0 Å². The van der Waals surface area contributed by atoms with Gasteiger partial charge < -0.3 is 15.7 Å². The van der Waals surface area contributed by atoms with E-state index < -0.39 is 22.1 Å². The van der Waals surface area contributed by atoms with Crippen LogP contribution in [0.15, 0.2) is 18.2 Å². The summed E-state index contributed by atoms with van der Waals surface area (Å²) >= 11 is 0. The molecule has 0 saturated carbocycles. The van der Waals surface area contributed by atoms with E-state index in [4.69, 9.17) is 15.0 Å². The van der Waals surface area contributed by atoms with Crippen LogP contribution < -0.4 is 10.6 Å². The molecule has 0 amide bonds. The van der Waals surface area contributed by atoms with Gasteiger partial charge in [0.1, 0.15) is 0 Å². The van der Waals surface area contributed by atoms with Gasteiger partial charge in [-0.2, -0.15) is 8.42 Å². The molecule has 8 heteroatoms. The largest absolute Gasteiger partial charge is 0.481 e. The van der Waals surface area contributed by atoms with Crippen molar-refractivity contribution in [1.82, 2.24) is 0 Å². The smallest absolute Gasteiger partial charge is 0.304 e. The first-order valence-electron chi connectivity index (χ1n) is 8.28. The fourth-order valence-electron chi connectivity index (χ4n) is 2.59. The number of anilines is 1. The highest BCUT2D eigenvalue weighted by molar-refractivity contribution is 7.85. The molecule has 0 aliphatic carbocycles. The van der Waals surface area contributed by atoms with E-state index in [0.29, 0.717) is 13.0 Å². The minimum atomic E-state index is -3.46. The van der Waals surface area contributed by atoms with E-state index in [0.717, 1.165) is 36.0 Å². The van der Waals surface area contributed by atoms with Gasteiger partial charge in [0, 0.05) is 24.8 Å². The molecule has 0 bridgehead atoms. The van der Waals surface area contributed by atoms with Gasteiger partial charge in [0.2, 0.25) is 0 Å². The molecule has 1 aromatic rings. The predicted octanol–water partition coefficient (Wildman–Crippen LogP) is 1.53. The van der Waals surface area contributed by atoms with E-state index in [1.54, 1.807) is 0 Å². The zero-order valence-corrected chi connectivity index (χ0v) is 15.9. The van der Waals surface area contributed by atoms with Crippen molar-refractivity contribution in [2.75, 3.05) is 30.9 Å². The lowest BCUT2D eigenvalue weighted by molar-refractivity contribution is -0.137. The Morgan fingerprint density at radius 3 is 2.60 bits per heavy atom. The molecule has 0 radical (unpaired) electrons. The molecular formula is C17H28N2O5S. The number of hydrogen-bond acceptors (Lipinski definition) is 6. The van der Waals surface area contributed by atoms with Crippen LogP contribution in [0, 0.1) is 6.92 Å². The third-order valence-electron chi connectivity index (χ3n) is 3.77. The van der Waals surface area contributed by atoms with Crippen molar-refractivity contribution >= 4 is 21.8 Å². The molecule has 1 atom stereocenters. The van der Waals surface area contributed by atoms with Crippen molar-refractivity contribution in [2.45, 2.75) is 39.2 Å². The number of aryl methyl sites for hydroxylation is 1. The van der Waals surface area contributed by atoms with Gasteiger partial charge in [0.15, 0.2) is 0 Å². The second kappa shape index (κ2) is 9.74. The SMILES string of the molecule is CCCN(CCOS(C)(=O)=O)c1ccc(C)c(CC(N)CC(=O)O)c1. The van der Waals surface area contributed by atoms with Crippen LogP contribution >= 0.6 is 0 Å². The van der Waals surface area contributed by atoms with Crippen molar-refractivity contribution in [1.29, 1.82) is 0 Å². The molecular weight excluding hydrogens is 344 g/mol. The van der Waals surface area contributed by atoms with Gasteiger partial charge >= 0.3 is 5.97 Å². The average Bonchev–Trinajstić information content (AvgIpc) is 2.46. The van der Waals surface area contributed by atoms with Gasteiger partial charge in [0.05, 0.1) is 19.3 Å². The summed E-state index contributed by atoms with van der Waals surface area (Å²) in [4.78, 5) is 12.8. The van der Waals surface area contributed by atoms with Crippen LogP contribution in [0.1, 0.15) is 30.9 Å². The normalized spacial score (nSPS) is 12.8. The Labute approximate surface area is 149 Å². The van der Waals surface area contributed by atoms with Gasteiger partial charge in [-0.05, 0) is 43.0 Å². The Balaban J connectivity index is 2.88. The van der Waals surface area contributed by atoms with Gasteiger partial charge in [-0.1, -0.05) is 13.0 Å². The monoisotopic (exact) mass is 372 g/mol. The molecule has 1 unspecified atom stereocenters. The lowest BCUT2D eigenvalue weighted by Crippen LogP contribution is -2.29. The number of benzene rings is 1. The lowest BCUT2D eigenvalue weighted by atomic mass is 9.99. The van der Waals surface area contributed by atoms with Crippen molar-refractivity contribution < 1.29 is 22.5 Å². The van der Waals surface area contributed by atoms with Crippen LogP contribution in [0.25, 0.3) is 0 Å². The summed E-state index contributed by atoms with van der Waals surface area (Å²) in [5, 5.41) is 8.86. The standard InChI is InChI=1S/C17H28N2O5S/c1-4-7-19(8-9-24-25(3,22)23)16-6-5-13(2)14(11-16)10-15(18)12-17(20)21/h5-6,11,15H,4,7-10,12,18H2,1-3H3,(H,20,21). The number of carbonyl (C=O) groups is 1. The van der Waals surface area contributed by atoms with E-state index in [1.807, 2.05) is 32.0 Å². The zero-order chi connectivity index (χ0) is 19.0. The van der Waals surface area contributed by atoms with Crippen molar-refractivity contribution in [3.8, 4) is 0 Å². The summed E-state index contributed by atoms with van der Waals surface area (Å²) in [5.41, 5.74) is 8.90. The first-order chi connectivity index (χ1) is 11.6. The molecule has 1 aromatic carbocycles. The second-order valence-electron chi connectivity index (χ2n) is 6.19. The van der Waals surface area contributed by atoms with Gasteiger partial charge in [0.25, 0.3) is 10.1 Å². The molecule has 7 nitrogen and oxygen atoms in total. The summed E-state index contributed by atoms with van der Waals surface area (Å²) in [6, 6.07) is 5.49. The summed E-state index contributed by atoms with van der Waals surface area (Å²) in [7, 11) is -3.46. The highest BCUT2D eigenvalue weighted by atomic mass is 32.2. The molecule has 0 heterocycles. The number of hydrogen-bond donors (Lipinski definition) is 2. The highest BCUT2D eigenvalue weighted by Gasteiger charge is 2.13. The molecule has 0 aliphatic heterocycles. The molecule has 0 aliphatic rings. The Morgan fingerprint density at radius 2 is 2.04 bits per heavy atom. The number of carboxylic acid groups (broad SMARTS) is 1. The molecule has 3 N–H and O–H groups in total. The number of aliphatic carboxylic acids is 1. The number of nitrogens with zero attached hydrogens (tertiary/aromatic N) is 1. The maximum atomic E-state index is 11.1. The Hall–Kier alpha value is -1.64. The van der Waals surface area contributed by atoms with Gasteiger partial charge in [-0.25, -0.2) is 0 Å². The van der Waals surface area contributed by atoms with Crippen molar-refractivity contribution in [2.24, 2.45) is 5.73 Å². The van der Waals surface area contributed by atoms with Crippen LogP contribution in [0.2, 0.25) is 0 Å². The molecule has 0 saturated heterocycles. The van der Waals surface area contributed by atoms with Crippen LogP contribution in [-0.4, -0.2) is 51.5 Å². The third-order valence-corrected chi connectivity index (χ3v) is 4.36. The van der Waals surface area contributed by atoms with E-state index in [2.05, 4.69) is 4.90 Å². The minimum absolute atomic E-state index is 0.0788. The van der Waals surface area contributed by atoms with E-state index in [-0.39, 0.29) is 13.0 Å². The second-order valence-corrected chi connectivity index (χ2v) is 7.83. The predicted molar refractivity (Wildman–Crippen MR) is 98.4 cm³/mol. The van der Waals surface area contributed by atoms with Crippen LogP contribution in [-0.2, 0) is 25.5 Å². The van der Waals surface area contributed by atoms with Crippen LogP contribution in [0.3, 0.4) is 0 Å². The molecule has 0 aromatic heterocycles. The molecule has 0 fully saturated rings. The van der Waals surface area contributed by atoms with Gasteiger partial charge in [-0.15, -0.1) is 0 Å². The third kappa shape index (κ3) is 8.33. The van der Waals surface area contributed by atoms with Crippen molar-refractivity contribution in [3.63, 3.8) is 0 Å². The molecule has 1 rings (SSSR count). The maximum Gasteiger partial charge on any atom is 0.304 e. The maximum absolute atomic E-state index is 11.1. The number of carboxylic acids is 1. The fraction of sp³-hybridized carbons (Fsp3) is 0.588.